The van der Waals surface area contributed by atoms with E-state index < -0.39 is 10.8 Å². The molecule has 2 aromatic carbocycles. The van der Waals surface area contributed by atoms with E-state index in [9.17, 15) is 14.4 Å². The lowest BCUT2D eigenvalue weighted by Crippen LogP contribution is -2.51. The van der Waals surface area contributed by atoms with E-state index in [0.717, 1.165) is 5.56 Å². The van der Waals surface area contributed by atoms with Gasteiger partial charge in [0.1, 0.15) is 11.4 Å². The zero-order valence-electron chi connectivity index (χ0n) is 17.8. The normalized spacial score (nSPS) is 14.0. The van der Waals surface area contributed by atoms with Gasteiger partial charge in [-0.15, -0.1) is 10.2 Å². The van der Waals surface area contributed by atoms with Crippen molar-refractivity contribution in [3.05, 3.63) is 60.4 Å². The molecule has 0 aliphatic carbocycles. The molecule has 8 heteroatoms. The van der Waals surface area contributed by atoms with Crippen LogP contribution in [-0.2, 0) is 4.79 Å². The molecule has 1 N–H and O–H groups in total. The highest BCUT2D eigenvalue weighted by molar-refractivity contribution is 8.00. The van der Waals surface area contributed by atoms with Crippen molar-refractivity contribution in [2.75, 3.05) is 0 Å². The summed E-state index contributed by atoms with van der Waals surface area (Å²) in [6.07, 6.45) is 0. The van der Waals surface area contributed by atoms with Crippen molar-refractivity contribution in [1.82, 2.24) is 20.1 Å². The lowest BCUT2D eigenvalue weighted by molar-refractivity contribution is -0.121. The van der Waals surface area contributed by atoms with E-state index in [0.29, 0.717) is 16.7 Å². The van der Waals surface area contributed by atoms with Gasteiger partial charge in [-0.25, -0.2) is 4.39 Å². The monoisotopic (exact) mass is 437 g/mol. The summed E-state index contributed by atoms with van der Waals surface area (Å²) in [7, 11) is 0. The predicted octanol–water partition coefficient (Wildman–Crippen LogP) is 4.61. The van der Waals surface area contributed by atoms with Gasteiger partial charge < -0.3 is 5.32 Å². The molecular formula is C23H24FN5OS. The SMILES string of the molecule is CC(Sc1nnc(-c2ccccc2)n1-c1ccc(F)cc1)C(=O)NC(C)(C#N)C(C)C. The van der Waals surface area contributed by atoms with Crippen LogP contribution in [0.5, 0.6) is 0 Å². The molecule has 0 bridgehead atoms. The Morgan fingerprint density at radius 2 is 1.77 bits per heavy atom. The Bertz CT molecular complexity index is 1090. The number of benzene rings is 2. The summed E-state index contributed by atoms with van der Waals surface area (Å²) in [5.74, 6) is -0.0697. The molecule has 0 saturated carbocycles. The molecule has 0 aliphatic heterocycles. The second kappa shape index (κ2) is 9.31. The lowest BCUT2D eigenvalue weighted by Gasteiger charge is -2.28. The topological polar surface area (TPSA) is 83.6 Å². The van der Waals surface area contributed by atoms with Crippen LogP contribution in [0.1, 0.15) is 27.7 Å². The molecular weight excluding hydrogens is 413 g/mol. The van der Waals surface area contributed by atoms with E-state index in [1.54, 1.807) is 30.5 Å². The van der Waals surface area contributed by atoms with Crippen LogP contribution in [0.4, 0.5) is 4.39 Å². The third-order valence-corrected chi connectivity index (χ3v) is 6.21. The minimum Gasteiger partial charge on any atom is -0.337 e. The number of amides is 1. The Kier molecular flexibility index (Phi) is 6.76. The molecule has 31 heavy (non-hydrogen) atoms. The number of nitriles is 1. The van der Waals surface area contributed by atoms with Crippen molar-refractivity contribution < 1.29 is 9.18 Å². The number of hydrogen-bond donors (Lipinski definition) is 1. The van der Waals surface area contributed by atoms with Crippen LogP contribution in [-0.4, -0.2) is 31.5 Å². The number of thioether (sulfide) groups is 1. The first-order valence-electron chi connectivity index (χ1n) is 9.92. The molecule has 3 aromatic rings. The molecule has 0 spiro atoms. The fraction of sp³-hybridized carbons (Fsp3) is 0.304. The summed E-state index contributed by atoms with van der Waals surface area (Å²) in [4.78, 5) is 12.8. The molecule has 0 saturated heterocycles. The van der Waals surface area contributed by atoms with Gasteiger partial charge in [0, 0.05) is 11.3 Å². The maximum Gasteiger partial charge on any atom is 0.234 e. The fourth-order valence-corrected chi connectivity index (χ4v) is 3.68. The zero-order chi connectivity index (χ0) is 22.6. The van der Waals surface area contributed by atoms with Gasteiger partial charge in [0.15, 0.2) is 11.0 Å². The van der Waals surface area contributed by atoms with Crippen LogP contribution in [0.3, 0.4) is 0 Å². The van der Waals surface area contributed by atoms with Crippen LogP contribution in [0.25, 0.3) is 17.1 Å². The molecule has 3 rings (SSSR count). The van der Waals surface area contributed by atoms with E-state index in [2.05, 4.69) is 21.6 Å². The molecule has 160 valence electrons. The van der Waals surface area contributed by atoms with Gasteiger partial charge in [0.05, 0.1) is 11.3 Å². The highest BCUT2D eigenvalue weighted by Gasteiger charge is 2.32. The maximum absolute atomic E-state index is 13.5. The summed E-state index contributed by atoms with van der Waals surface area (Å²) in [5.41, 5.74) is 0.565. The zero-order valence-corrected chi connectivity index (χ0v) is 18.7. The minimum absolute atomic E-state index is 0.0498. The van der Waals surface area contributed by atoms with Crippen LogP contribution >= 0.6 is 11.8 Å². The third kappa shape index (κ3) is 4.94. The van der Waals surface area contributed by atoms with Crippen molar-refractivity contribution in [3.8, 4) is 23.1 Å². The van der Waals surface area contributed by atoms with Gasteiger partial charge in [-0.1, -0.05) is 55.9 Å². The number of carbonyl (C=O) groups is 1. The third-order valence-electron chi connectivity index (χ3n) is 5.17. The lowest BCUT2D eigenvalue weighted by atomic mass is 9.90. The van der Waals surface area contributed by atoms with Gasteiger partial charge in [0.2, 0.25) is 5.91 Å². The van der Waals surface area contributed by atoms with Gasteiger partial charge >= 0.3 is 0 Å². The predicted molar refractivity (Wildman–Crippen MR) is 119 cm³/mol. The Labute approximate surface area is 185 Å². The average molecular weight is 438 g/mol. The van der Waals surface area contributed by atoms with Crippen molar-refractivity contribution in [2.24, 2.45) is 5.92 Å². The Hall–Kier alpha value is -3.18. The quantitative estimate of drug-likeness (QED) is 0.546. The first-order chi connectivity index (χ1) is 14.7. The van der Waals surface area contributed by atoms with E-state index in [4.69, 9.17) is 0 Å². The number of nitrogens with zero attached hydrogens (tertiary/aromatic N) is 4. The molecule has 2 atom stereocenters. The standard InChI is InChI=1S/C23H24FN5OS/c1-15(2)23(4,14-25)26-21(30)16(3)31-22-28-27-20(17-8-6-5-7-9-17)29(22)19-12-10-18(24)11-13-19/h5-13,15-16H,1-4H3,(H,26,30). The summed E-state index contributed by atoms with van der Waals surface area (Å²) in [6.45, 7) is 7.24. The smallest absolute Gasteiger partial charge is 0.234 e. The van der Waals surface area contributed by atoms with E-state index >= 15 is 0 Å². The number of hydrogen-bond acceptors (Lipinski definition) is 5. The highest BCUT2D eigenvalue weighted by Crippen LogP contribution is 2.30. The Morgan fingerprint density at radius 1 is 1.13 bits per heavy atom. The first kappa shape index (κ1) is 22.5. The van der Waals surface area contributed by atoms with Gasteiger partial charge in [-0.05, 0) is 44.0 Å². The maximum atomic E-state index is 13.5. The molecule has 0 fully saturated rings. The number of carbonyl (C=O) groups excluding carboxylic acids is 1. The van der Waals surface area contributed by atoms with E-state index in [1.807, 2.05) is 44.2 Å². The molecule has 1 heterocycles. The first-order valence-corrected chi connectivity index (χ1v) is 10.8. The van der Waals surface area contributed by atoms with Crippen LogP contribution < -0.4 is 5.32 Å². The fourth-order valence-electron chi connectivity index (χ4n) is 2.81. The Balaban J connectivity index is 1.94. The van der Waals surface area contributed by atoms with Gasteiger partial charge in [-0.3, -0.25) is 9.36 Å². The van der Waals surface area contributed by atoms with E-state index in [1.165, 1.54) is 23.9 Å². The van der Waals surface area contributed by atoms with Crippen molar-refractivity contribution >= 4 is 17.7 Å². The summed E-state index contributed by atoms with van der Waals surface area (Å²) < 4.78 is 15.3. The van der Waals surface area contributed by atoms with Crippen LogP contribution in [0.15, 0.2) is 59.8 Å². The highest BCUT2D eigenvalue weighted by atomic mass is 32.2. The molecule has 1 amide bonds. The largest absolute Gasteiger partial charge is 0.337 e. The molecule has 0 radical (unpaired) electrons. The number of halogens is 1. The van der Waals surface area contributed by atoms with Crippen molar-refractivity contribution in [1.29, 1.82) is 5.26 Å². The second-order valence-corrected chi connectivity index (χ2v) is 9.01. The molecule has 0 aliphatic rings. The van der Waals surface area contributed by atoms with Crippen LogP contribution in [0.2, 0.25) is 0 Å². The van der Waals surface area contributed by atoms with Crippen LogP contribution in [0, 0.1) is 23.1 Å². The molecule has 6 nitrogen and oxygen atoms in total. The number of nitrogens with one attached hydrogen (secondary N) is 1. The molecule has 2 unspecified atom stereocenters. The summed E-state index contributed by atoms with van der Waals surface area (Å²) in [6, 6.07) is 17.7. The Morgan fingerprint density at radius 3 is 2.35 bits per heavy atom. The number of rotatable bonds is 7. The molecule has 1 aromatic heterocycles. The minimum atomic E-state index is -0.967. The van der Waals surface area contributed by atoms with Crippen molar-refractivity contribution in [3.63, 3.8) is 0 Å². The van der Waals surface area contributed by atoms with Crippen molar-refractivity contribution in [2.45, 2.75) is 43.6 Å². The van der Waals surface area contributed by atoms with Gasteiger partial charge in [-0.2, -0.15) is 5.26 Å². The summed E-state index contributed by atoms with van der Waals surface area (Å²) >= 11 is 1.23. The average Bonchev–Trinajstić information content (AvgIpc) is 3.18. The second-order valence-electron chi connectivity index (χ2n) is 7.70. The van der Waals surface area contributed by atoms with Gasteiger partial charge in [0.25, 0.3) is 0 Å². The number of aromatic nitrogens is 3. The summed E-state index contributed by atoms with van der Waals surface area (Å²) in [5, 5.41) is 20.9. The van der Waals surface area contributed by atoms with E-state index in [-0.39, 0.29) is 17.6 Å².